The van der Waals surface area contributed by atoms with E-state index < -0.39 is 0 Å². The van der Waals surface area contributed by atoms with Crippen molar-refractivity contribution in [3.8, 4) is 5.75 Å². The summed E-state index contributed by atoms with van der Waals surface area (Å²) in [5, 5.41) is 0. The Morgan fingerprint density at radius 3 is 3.00 bits per heavy atom. The maximum absolute atomic E-state index is 12.2. The third kappa shape index (κ3) is 2.17. The second kappa shape index (κ2) is 4.53. The molecule has 0 saturated carbocycles. The first kappa shape index (κ1) is 11.0. The Morgan fingerprint density at radius 2 is 2.25 bits per heavy atom. The highest BCUT2D eigenvalue weighted by Gasteiger charge is 2.23. The molecule has 4 heteroatoms. The molecule has 2 rings (SSSR count). The summed E-state index contributed by atoms with van der Waals surface area (Å²) in [4.78, 5) is 13.9. The summed E-state index contributed by atoms with van der Waals surface area (Å²) in [6, 6.07) is 7.30. The highest BCUT2D eigenvalue weighted by molar-refractivity contribution is 5.97. The summed E-state index contributed by atoms with van der Waals surface area (Å²) >= 11 is 0. The first-order valence-corrected chi connectivity index (χ1v) is 5.45. The number of hydrogen-bond donors (Lipinski definition) is 1. The third-order valence-electron chi connectivity index (χ3n) is 2.53. The van der Waals surface area contributed by atoms with Crippen LogP contribution in [-0.4, -0.2) is 36.5 Å². The van der Waals surface area contributed by atoms with Crippen LogP contribution in [0, 0.1) is 0 Å². The van der Waals surface area contributed by atoms with E-state index in [1.807, 2.05) is 25.1 Å². The fraction of sp³-hybridized carbons (Fsp3) is 0.417. The zero-order valence-corrected chi connectivity index (χ0v) is 9.35. The molecule has 1 unspecified atom stereocenters. The van der Waals surface area contributed by atoms with Crippen LogP contribution in [0.15, 0.2) is 24.3 Å². The van der Waals surface area contributed by atoms with Crippen LogP contribution in [0.5, 0.6) is 5.75 Å². The zero-order chi connectivity index (χ0) is 11.5. The maximum atomic E-state index is 12.2. The molecule has 1 aliphatic heterocycles. The van der Waals surface area contributed by atoms with Crippen LogP contribution in [0.2, 0.25) is 0 Å². The molecule has 4 nitrogen and oxygen atoms in total. The van der Waals surface area contributed by atoms with Crippen molar-refractivity contribution in [2.45, 2.75) is 13.0 Å². The summed E-state index contributed by atoms with van der Waals surface area (Å²) in [6.07, 6.45) is 0. The molecule has 0 bridgehead atoms. The molecule has 0 fully saturated rings. The van der Waals surface area contributed by atoms with Gasteiger partial charge in [0.2, 0.25) is 0 Å². The molecule has 0 aromatic heterocycles. The van der Waals surface area contributed by atoms with E-state index in [9.17, 15) is 4.79 Å². The quantitative estimate of drug-likeness (QED) is 0.804. The first-order valence-electron chi connectivity index (χ1n) is 5.45. The van der Waals surface area contributed by atoms with Crippen molar-refractivity contribution in [3.63, 3.8) is 0 Å². The van der Waals surface area contributed by atoms with E-state index in [2.05, 4.69) is 0 Å². The van der Waals surface area contributed by atoms with Crippen molar-refractivity contribution >= 4 is 5.91 Å². The van der Waals surface area contributed by atoms with Crippen LogP contribution in [0.4, 0.5) is 0 Å². The van der Waals surface area contributed by atoms with E-state index in [0.29, 0.717) is 31.0 Å². The molecule has 0 radical (unpaired) electrons. The minimum absolute atomic E-state index is 0.00500. The zero-order valence-electron chi connectivity index (χ0n) is 9.35. The summed E-state index contributed by atoms with van der Waals surface area (Å²) < 4.78 is 5.53. The molecule has 1 amide bonds. The van der Waals surface area contributed by atoms with Crippen molar-refractivity contribution in [2.24, 2.45) is 5.73 Å². The van der Waals surface area contributed by atoms with E-state index in [-0.39, 0.29) is 11.9 Å². The number of carbonyl (C=O) groups excluding carboxylic acids is 1. The van der Waals surface area contributed by atoms with Gasteiger partial charge in [0, 0.05) is 12.6 Å². The topological polar surface area (TPSA) is 55.6 Å². The standard InChI is InChI=1S/C12H16N2O2/c1-9(13)8-14-6-7-16-11-5-3-2-4-10(11)12(14)15/h2-5,9H,6-8,13H2,1H3. The molecule has 1 aliphatic rings. The van der Waals surface area contributed by atoms with Crippen molar-refractivity contribution in [1.82, 2.24) is 4.90 Å². The largest absolute Gasteiger partial charge is 0.491 e. The summed E-state index contributed by atoms with van der Waals surface area (Å²) in [5.41, 5.74) is 6.35. The lowest BCUT2D eigenvalue weighted by Gasteiger charge is -2.21. The highest BCUT2D eigenvalue weighted by Crippen LogP contribution is 2.22. The van der Waals surface area contributed by atoms with Gasteiger partial charge in [0.15, 0.2) is 0 Å². The summed E-state index contributed by atoms with van der Waals surface area (Å²) in [6.45, 7) is 3.58. The van der Waals surface area contributed by atoms with Crippen LogP contribution in [-0.2, 0) is 0 Å². The minimum atomic E-state index is -0.0192. The van der Waals surface area contributed by atoms with Gasteiger partial charge in [-0.2, -0.15) is 0 Å². The van der Waals surface area contributed by atoms with Crippen molar-refractivity contribution in [2.75, 3.05) is 19.7 Å². The lowest BCUT2D eigenvalue weighted by molar-refractivity contribution is 0.0748. The lowest BCUT2D eigenvalue weighted by Crippen LogP contribution is -2.40. The number of nitrogens with two attached hydrogens (primary N) is 1. The van der Waals surface area contributed by atoms with E-state index >= 15 is 0 Å². The predicted octanol–water partition coefficient (Wildman–Crippen LogP) is 0.868. The Morgan fingerprint density at radius 1 is 1.50 bits per heavy atom. The molecule has 2 N–H and O–H groups in total. The predicted molar refractivity (Wildman–Crippen MR) is 61.5 cm³/mol. The molecule has 1 aromatic carbocycles. The van der Waals surface area contributed by atoms with Crippen LogP contribution < -0.4 is 10.5 Å². The maximum Gasteiger partial charge on any atom is 0.257 e. The summed E-state index contributed by atoms with van der Waals surface area (Å²) in [7, 11) is 0. The Balaban J connectivity index is 2.26. The van der Waals surface area contributed by atoms with E-state index in [4.69, 9.17) is 10.5 Å². The number of rotatable bonds is 2. The number of benzene rings is 1. The molecular formula is C12H16N2O2. The first-order chi connectivity index (χ1) is 7.68. The van der Waals surface area contributed by atoms with E-state index in [0.717, 1.165) is 0 Å². The SMILES string of the molecule is CC(N)CN1CCOc2ccccc2C1=O. The summed E-state index contributed by atoms with van der Waals surface area (Å²) in [5.74, 6) is 0.671. The number of amides is 1. The smallest absolute Gasteiger partial charge is 0.257 e. The number of nitrogens with zero attached hydrogens (tertiary/aromatic N) is 1. The van der Waals surface area contributed by atoms with Gasteiger partial charge in [0.25, 0.3) is 5.91 Å². The minimum Gasteiger partial charge on any atom is -0.491 e. The van der Waals surface area contributed by atoms with Gasteiger partial charge >= 0.3 is 0 Å². The van der Waals surface area contributed by atoms with Crippen LogP contribution >= 0.6 is 0 Å². The second-order valence-electron chi connectivity index (χ2n) is 4.07. The molecule has 1 heterocycles. The lowest BCUT2D eigenvalue weighted by atomic mass is 10.1. The van der Waals surface area contributed by atoms with Crippen molar-refractivity contribution < 1.29 is 9.53 Å². The van der Waals surface area contributed by atoms with Gasteiger partial charge in [0.05, 0.1) is 12.1 Å². The van der Waals surface area contributed by atoms with Crippen LogP contribution in [0.3, 0.4) is 0 Å². The van der Waals surface area contributed by atoms with Crippen molar-refractivity contribution in [3.05, 3.63) is 29.8 Å². The average Bonchev–Trinajstić information content (AvgIpc) is 2.40. The third-order valence-corrected chi connectivity index (χ3v) is 2.53. The average molecular weight is 220 g/mol. The Labute approximate surface area is 95.0 Å². The number of para-hydroxylation sites is 1. The number of ether oxygens (including phenoxy) is 1. The van der Waals surface area contributed by atoms with Gasteiger partial charge < -0.3 is 15.4 Å². The molecule has 0 saturated heterocycles. The fourth-order valence-corrected chi connectivity index (χ4v) is 1.83. The van der Waals surface area contributed by atoms with Gasteiger partial charge in [-0.15, -0.1) is 0 Å². The molecule has 0 aliphatic carbocycles. The van der Waals surface area contributed by atoms with Gasteiger partial charge in [-0.05, 0) is 19.1 Å². The van der Waals surface area contributed by atoms with E-state index in [1.54, 1.807) is 11.0 Å². The molecule has 1 atom stereocenters. The highest BCUT2D eigenvalue weighted by atomic mass is 16.5. The monoisotopic (exact) mass is 220 g/mol. The second-order valence-corrected chi connectivity index (χ2v) is 4.07. The normalized spacial score (nSPS) is 17.4. The van der Waals surface area contributed by atoms with Crippen LogP contribution in [0.1, 0.15) is 17.3 Å². The molecule has 0 spiro atoms. The Hall–Kier alpha value is -1.55. The van der Waals surface area contributed by atoms with Gasteiger partial charge in [-0.3, -0.25) is 4.79 Å². The van der Waals surface area contributed by atoms with E-state index in [1.165, 1.54) is 0 Å². The molecular weight excluding hydrogens is 204 g/mol. The Bertz CT molecular complexity index is 390. The van der Waals surface area contributed by atoms with Gasteiger partial charge in [0.1, 0.15) is 12.4 Å². The molecule has 16 heavy (non-hydrogen) atoms. The Kier molecular flexibility index (Phi) is 3.10. The number of fused-ring (bicyclic) bond motifs is 1. The van der Waals surface area contributed by atoms with Gasteiger partial charge in [-0.25, -0.2) is 0 Å². The fourth-order valence-electron chi connectivity index (χ4n) is 1.83. The van der Waals surface area contributed by atoms with Crippen molar-refractivity contribution in [1.29, 1.82) is 0 Å². The van der Waals surface area contributed by atoms with Crippen LogP contribution in [0.25, 0.3) is 0 Å². The number of carbonyl (C=O) groups is 1. The van der Waals surface area contributed by atoms with Gasteiger partial charge in [-0.1, -0.05) is 12.1 Å². The molecule has 1 aromatic rings. The number of hydrogen-bond acceptors (Lipinski definition) is 3. The molecule has 86 valence electrons.